The van der Waals surface area contributed by atoms with E-state index in [0.717, 1.165) is 12.1 Å². The van der Waals surface area contributed by atoms with Gasteiger partial charge in [0.2, 0.25) is 0 Å². The number of sulfonamides is 1. The van der Waals surface area contributed by atoms with E-state index in [-0.39, 0.29) is 5.57 Å². The lowest BCUT2D eigenvalue weighted by atomic mass is 10.1. The summed E-state index contributed by atoms with van der Waals surface area (Å²) < 4.78 is 64.3. The van der Waals surface area contributed by atoms with Crippen molar-refractivity contribution in [3.05, 3.63) is 41.0 Å². The normalized spacial score (nSPS) is 12.6. The van der Waals surface area contributed by atoms with Crippen molar-refractivity contribution in [2.45, 2.75) is 31.3 Å². The Kier molecular flexibility index (Phi) is 5.56. The lowest BCUT2D eigenvalue weighted by Gasteiger charge is -2.12. The Morgan fingerprint density at radius 2 is 2.00 bits per heavy atom. The summed E-state index contributed by atoms with van der Waals surface area (Å²) in [6, 6.07) is 3.25. The first-order valence-electron chi connectivity index (χ1n) is 6.38. The molecule has 124 valence electrons. The van der Waals surface area contributed by atoms with Crippen molar-refractivity contribution in [3.63, 3.8) is 0 Å². The van der Waals surface area contributed by atoms with E-state index < -0.39 is 38.1 Å². The zero-order valence-electron chi connectivity index (χ0n) is 12.2. The van der Waals surface area contributed by atoms with E-state index in [0.29, 0.717) is 12.5 Å². The quantitative estimate of drug-likeness (QED) is 0.849. The molecule has 0 heterocycles. The number of rotatable bonds is 4. The van der Waals surface area contributed by atoms with E-state index in [1.165, 1.54) is 19.1 Å². The van der Waals surface area contributed by atoms with Crippen molar-refractivity contribution >= 4 is 15.9 Å². The van der Waals surface area contributed by atoms with Gasteiger partial charge in [-0.05, 0) is 31.5 Å². The molecule has 0 radical (unpaired) electrons. The van der Waals surface area contributed by atoms with Crippen LogP contribution < -0.4 is 4.72 Å². The van der Waals surface area contributed by atoms with E-state index in [2.05, 4.69) is 0 Å². The number of hydrogen-bond acceptors (Lipinski definition) is 4. The fraction of sp³-hybridized carbons (Fsp3) is 0.286. The molecule has 1 aromatic rings. The van der Waals surface area contributed by atoms with Crippen LogP contribution in [0.15, 0.2) is 34.7 Å². The van der Waals surface area contributed by atoms with Crippen molar-refractivity contribution in [2.24, 2.45) is 0 Å². The molecular weight excluding hydrogens is 333 g/mol. The Bertz CT molecular complexity index is 790. The number of halogens is 3. The van der Waals surface area contributed by atoms with Crippen LogP contribution in [-0.2, 0) is 21.0 Å². The maximum atomic E-state index is 12.9. The second kappa shape index (κ2) is 6.83. The Balaban J connectivity index is 3.28. The molecule has 0 bridgehead atoms. The van der Waals surface area contributed by atoms with Crippen LogP contribution in [0.5, 0.6) is 0 Å². The number of allylic oxidation sites excluding steroid dienone is 1. The smallest absolute Gasteiger partial charge is 0.269 e. The molecule has 0 saturated carbocycles. The summed E-state index contributed by atoms with van der Waals surface area (Å²) in [5.41, 5.74) is -1.96. The molecule has 0 aliphatic rings. The van der Waals surface area contributed by atoms with Crippen LogP contribution in [0.25, 0.3) is 0 Å². The zero-order valence-corrected chi connectivity index (χ0v) is 13.0. The lowest BCUT2D eigenvalue weighted by Crippen LogP contribution is -2.31. The number of carbonyl (C=O) groups is 1. The molecule has 0 aliphatic carbocycles. The van der Waals surface area contributed by atoms with Gasteiger partial charge in [-0.1, -0.05) is 13.0 Å². The molecule has 0 saturated heterocycles. The van der Waals surface area contributed by atoms with Crippen molar-refractivity contribution in [3.8, 4) is 6.07 Å². The van der Waals surface area contributed by atoms with Crippen LogP contribution in [0, 0.1) is 11.3 Å². The largest absolute Gasteiger partial charge is 0.417 e. The molecule has 0 unspecified atom stereocenters. The topological polar surface area (TPSA) is 87.0 Å². The van der Waals surface area contributed by atoms with Crippen LogP contribution >= 0.6 is 0 Å². The summed E-state index contributed by atoms with van der Waals surface area (Å²) in [6.45, 7) is 3.12. The van der Waals surface area contributed by atoms with Crippen LogP contribution in [0.1, 0.15) is 31.4 Å². The summed E-state index contributed by atoms with van der Waals surface area (Å²) in [4.78, 5) is 10.9. The van der Waals surface area contributed by atoms with Crippen molar-refractivity contribution < 1.29 is 26.4 Å². The standard InChI is InChI=1S/C14H13F3N2O3S/c1-3-4-9(2)13(20)19-23(21,22)11-6-5-10(8-18)12(7-11)14(15,16)17/h4-7H,3H2,1-2H3,(H,19,20)/b9-4+. The molecule has 0 atom stereocenters. The highest BCUT2D eigenvalue weighted by Gasteiger charge is 2.35. The number of alkyl halides is 3. The van der Waals surface area contributed by atoms with Gasteiger partial charge in [-0.25, -0.2) is 13.1 Å². The Morgan fingerprint density at radius 1 is 1.39 bits per heavy atom. The molecule has 23 heavy (non-hydrogen) atoms. The summed E-state index contributed by atoms with van der Waals surface area (Å²) in [6.07, 6.45) is -2.92. The molecule has 9 heteroatoms. The molecule has 1 N–H and O–H groups in total. The number of carbonyl (C=O) groups excluding carboxylic acids is 1. The molecule has 1 rings (SSSR count). The van der Waals surface area contributed by atoms with E-state index in [4.69, 9.17) is 5.26 Å². The maximum Gasteiger partial charge on any atom is 0.417 e. The Hall–Kier alpha value is -2.34. The van der Waals surface area contributed by atoms with Gasteiger partial charge in [-0.2, -0.15) is 18.4 Å². The first kappa shape index (κ1) is 18.7. The van der Waals surface area contributed by atoms with Gasteiger partial charge < -0.3 is 0 Å². The van der Waals surface area contributed by atoms with Gasteiger partial charge in [0.15, 0.2) is 0 Å². The van der Waals surface area contributed by atoms with Gasteiger partial charge in [0.05, 0.1) is 22.1 Å². The van der Waals surface area contributed by atoms with Gasteiger partial charge in [-0.3, -0.25) is 4.79 Å². The molecule has 0 fully saturated rings. The molecule has 1 aromatic carbocycles. The highest BCUT2D eigenvalue weighted by atomic mass is 32.2. The first-order chi connectivity index (χ1) is 10.5. The Morgan fingerprint density at radius 3 is 2.48 bits per heavy atom. The van der Waals surface area contributed by atoms with Gasteiger partial charge in [0.1, 0.15) is 0 Å². The maximum absolute atomic E-state index is 12.9. The van der Waals surface area contributed by atoms with Gasteiger partial charge >= 0.3 is 6.18 Å². The van der Waals surface area contributed by atoms with E-state index >= 15 is 0 Å². The third-order valence-electron chi connectivity index (χ3n) is 2.82. The first-order valence-corrected chi connectivity index (χ1v) is 7.86. The molecule has 0 spiro atoms. The van der Waals surface area contributed by atoms with E-state index in [9.17, 15) is 26.4 Å². The molecule has 1 amide bonds. The van der Waals surface area contributed by atoms with E-state index in [1.54, 1.807) is 11.6 Å². The van der Waals surface area contributed by atoms with Crippen molar-refractivity contribution in [2.75, 3.05) is 0 Å². The SMILES string of the molecule is CC/C=C(\C)C(=O)NS(=O)(=O)c1ccc(C#N)c(C(F)(F)F)c1. The van der Waals surface area contributed by atoms with Crippen molar-refractivity contribution in [1.82, 2.24) is 4.72 Å². The number of nitrogens with zero attached hydrogens (tertiary/aromatic N) is 1. The lowest BCUT2D eigenvalue weighted by molar-refractivity contribution is -0.137. The minimum Gasteiger partial charge on any atom is -0.269 e. The number of nitrogens with one attached hydrogen (secondary N) is 1. The number of benzene rings is 1. The average Bonchev–Trinajstić information content (AvgIpc) is 2.45. The molecular formula is C14H13F3N2O3S. The molecule has 0 aliphatic heterocycles. The fourth-order valence-corrected chi connectivity index (χ4v) is 2.73. The van der Waals surface area contributed by atoms with Gasteiger partial charge in [0, 0.05) is 5.57 Å². The van der Waals surface area contributed by atoms with Crippen molar-refractivity contribution in [1.29, 1.82) is 5.26 Å². The number of amides is 1. The van der Waals surface area contributed by atoms with Crippen LogP contribution in [-0.4, -0.2) is 14.3 Å². The van der Waals surface area contributed by atoms with Crippen LogP contribution in [0.4, 0.5) is 13.2 Å². The summed E-state index contributed by atoms with van der Waals surface area (Å²) in [7, 11) is -4.48. The van der Waals surface area contributed by atoms with Gasteiger partial charge in [-0.15, -0.1) is 0 Å². The Labute approximate surface area is 131 Å². The van der Waals surface area contributed by atoms with Gasteiger partial charge in [0.25, 0.3) is 15.9 Å². The summed E-state index contributed by atoms with van der Waals surface area (Å²) in [5, 5.41) is 8.68. The van der Waals surface area contributed by atoms with Crippen LogP contribution in [0.2, 0.25) is 0 Å². The predicted molar refractivity (Wildman–Crippen MR) is 75.5 cm³/mol. The third kappa shape index (κ3) is 4.56. The highest BCUT2D eigenvalue weighted by Crippen LogP contribution is 2.33. The second-order valence-corrected chi connectivity index (χ2v) is 6.23. The minimum atomic E-state index is -4.89. The fourth-order valence-electron chi connectivity index (χ4n) is 1.68. The number of hydrogen-bond donors (Lipinski definition) is 1. The monoisotopic (exact) mass is 346 g/mol. The highest BCUT2D eigenvalue weighted by molar-refractivity contribution is 7.90. The third-order valence-corrected chi connectivity index (χ3v) is 4.15. The number of nitriles is 1. The molecule has 0 aromatic heterocycles. The zero-order chi connectivity index (χ0) is 17.8. The minimum absolute atomic E-state index is 0.126. The predicted octanol–water partition coefficient (Wildman–Crippen LogP) is 2.74. The van der Waals surface area contributed by atoms with Crippen LogP contribution in [0.3, 0.4) is 0 Å². The molecule has 5 nitrogen and oxygen atoms in total. The summed E-state index contributed by atoms with van der Waals surface area (Å²) >= 11 is 0. The summed E-state index contributed by atoms with van der Waals surface area (Å²) in [5.74, 6) is -0.926. The van der Waals surface area contributed by atoms with E-state index in [1.807, 2.05) is 0 Å². The second-order valence-electron chi connectivity index (χ2n) is 4.55. The average molecular weight is 346 g/mol.